The van der Waals surface area contributed by atoms with Crippen LogP contribution in [0.15, 0.2) is 22.7 Å². The van der Waals surface area contributed by atoms with E-state index in [0.29, 0.717) is 12.5 Å². The van der Waals surface area contributed by atoms with Crippen LogP contribution in [0.1, 0.15) is 43.6 Å². The maximum atomic E-state index is 13.0. The number of hydrogen-bond acceptors (Lipinski definition) is 1. The first-order valence-corrected chi connectivity index (χ1v) is 7.39. The van der Waals surface area contributed by atoms with Crippen molar-refractivity contribution in [1.82, 2.24) is 5.32 Å². The Balaban J connectivity index is 2.99. The van der Waals surface area contributed by atoms with E-state index in [2.05, 4.69) is 21.2 Å². The zero-order valence-electron chi connectivity index (χ0n) is 12.4. The van der Waals surface area contributed by atoms with Gasteiger partial charge in [0.15, 0.2) is 0 Å². The Kier molecular flexibility index (Phi) is 5.47. The average Bonchev–Trinajstić information content (AvgIpc) is 2.34. The molecule has 118 valence electrons. The van der Waals surface area contributed by atoms with Gasteiger partial charge in [0.25, 0.3) is 5.91 Å². The van der Waals surface area contributed by atoms with Crippen LogP contribution in [-0.4, -0.2) is 12.5 Å². The van der Waals surface area contributed by atoms with E-state index in [1.165, 1.54) is 12.1 Å². The standard InChI is InChI=1S/C15H19BrF3NO/c1-9(2)14(3,4)8-20-13(21)11-6-5-10(16)7-12(11)15(17,18)19/h5-7,9H,8H2,1-4H3,(H,20,21). The molecule has 0 aliphatic rings. The average molecular weight is 366 g/mol. The summed E-state index contributed by atoms with van der Waals surface area (Å²) in [6.45, 7) is 8.26. The highest BCUT2D eigenvalue weighted by molar-refractivity contribution is 9.10. The van der Waals surface area contributed by atoms with Crippen molar-refractivity contribution in [2.75, 3.05) is 6.54 Å². The molecule has 0 unspecified atom stereocenters. The first-order valence-electron chi connectivity index (χ1n) is 6.60. The van der Waals surface area contributed by atoms with Crippen LogP contribution in [-0.2, 0) is 6.18 Å². The summed E-state index contributed by atoms with van der Waals surface area (Å²) in [4.78, 5) is 12.1. The fraction of sp³-hybridized carbons (Fsp3) is 0.533. The second kappa shape index (κ2) is 6.38. The molecular formula is C15H19BrF3NO. The summed E-state index contributed by atoms with van der Waals surface area (Å²) in [5.74, 6) is -0.409. The number of benzene rings is 1. The van der Waals surface area contributed by atoms with Crippen LogP contribution in [0, 0.1) is 11.3 Å². The number of nitrogens with one attached hydrogen (secondary N) is 1. The number of carbonyl (C=O) groups is 1. The van der Waals surface area contributed by atoms with Gasteiger partial charge < -0.3 is 5.32 Å². The second-order valence-corrected chi connectivity index (χ2v) is 6.93. The number of hydrogen-bond donors (Lipinski definition) is 1. The van der Waals surface area contributed by atoms with Crippen molar-refractivity contribution < 1.29 is 18.0 Å². The van der Waals surface area contributed by atoms with E-state index in [-0.39, 0.29) is 15.5 Å². The molecule has 1 aromatic rings. The molecule has 1 N–H and O–H groups in total. The van der Waals surface area contributed by atoms with Gasteiger partial charge in [0, 0.05) is 11.0 Å². The Morgan fingerprint density at radius 1 is 1.29 bits per heavy atom. The van der Waals surface area contributed by atoms with Crippen LogP contribution in [0.4, 0.5) is 13.2 Å². The number of amides is 1. The van der Waals surface area contributed by atoms with Gasteiger partial charge in [0.1, 0.15) is 0 Å². The molecule has 0 saturated carbocycles. The van der Waals surface area contributed by atoms with Crippen LogP contribution < -0.4 is 5.32 Å². The van der Waals surface area contributed by atoms with Gasteiger partial charge >= 0.3 is 6.18 Å². The maximum Gasteiger partial charge on any atom is 0.417 e. The van der Waals surface area contributed by atoms with Crippen molar-refractivity contribution in [2.24, 2.45) is 11.3 Å². The normalized spacial score (nSPS) is 12.6. The molecule has 0 bridgehead atoms. The van der Waals surface area contributed by atoms with Crippen molar-refractivity contribution in [3.8, 4) is 0 Å². The summed E-state index contributed by atoms with van der Waals surface area (Å²) in [7, 11) is 0. The minimum atomic E-state index is -4.57. The SMILES string of the molecule is CC(C)C(C)(C)CNC(=O)c1ccc(Br)cc1C(F)(F)F. The summed E-state index contributed by atoms with van der Waals surface area (Å²) >= 11 is 3.00. The smallest absolute Gasteiger partial charge is 0.351 e. The molecule has 0 radical (unpaired) electrons. The van der Waals surface area contributed by atoms with Gasteiger partial charge in [0.2, 0.25) is 0 Å². The molecule has 0 heterocycles. The molecule has 0 spiro atoms. The zero-order chi connectivity index (χ0) is 16.4. The Morgan fingerprint density at radius 2 is 1.86 bits per heavy atom. The lowest BCUT2D eigenvalue weighted by atomic mass is 9.81. The molecule has 1 amide bonds. The van der Waals surface area contributed by atoms with E-state index in [4.69, 9.17) is 0 Å². The molecule has 0 atom stereocenters. The topological polar surface area (TPSA) is 29.1 Å². The molecule has 1 rings (SSSR count). The molecule has 0 aliphatic carbocycles. The first-order chi connectivity index (χ1) is 9.45. The number of carbonyl (C=O) groups excluding carboxylic acids is 1. The molecule has 1 aromatic carbocycles. The molecule has 0 fully saturated rings. The molecule has 0 aromatic heterocycles. The lowest BCUT2D eigenvalue weighted by molar-refractivity contribution is -0.138. The van der Waals surface area contributed by atoms with Gasteiger partial charge in [-0.3, -0.25) is 4.79 Å². The maximum absolute atomic E-state index is 13.0. The molecule has 0 aliphatic heterocycles. The van der Waals surface area contributed by atoms with Gasteiger partial charge in [-0.1, -0.05) is 43.6 Å². The highest BCUT2D eigenvalue weighted by atomic mass is 79.9. The van der Waals surface area contributed by atoms with Crippen molar-refractivity contribution in [1.29, 1.82) is 0 Å². The summed E-state index contributed by atoms with van der Waals surface area (Å²) in [5.41, 5.74) is -1.48. The second-order valence-electron chi connectivity index (χ2n) is 6.01. The minimum absolute atomic E-state index is 0.191. The molecule has 0 saturated heterocycles. The Labute approximate surface area is 131 Å². The van der Waals surface area contributed by atoms with Crippen LogP contribution >= 0.6 is 15.9 Å². The van der Waals surface area contributed by atoms with Gasteiger partial charge in [-0.05, 0) is 29.5 Å². The van der Waals surface area contributed by atoms with Crippen LogP contribution in [0.2, 0.25) is 0 Å². The summed E-state index contributed by atoms with van der Waals surface area (Å²) in [6.07, 6.45) is -4.57. The van der Waals surface area contributed by atoms with Crippen LogP contribution in [0.25, 0.3) is 0 Å². The van der Waals surface area contributed by atoms with Crippen LogP contribution in [0.3, 0.4) is 0 Å². The monoisotopic (exact) mass is 365 g/mol. The lowest BCUT2D eigenvalue weighted by Crippen LogP contribution is -2.37. The highest BCUT2D eigenvalue weighted by Gasteiger charge is 2.35. The number of alkyl halides is 3. The largest absolute Gasteiger partial charge is 0.417 e. The van der Waals surface area contributed by atoms with E-state index in [1.54, 1.807) is 0 Å². The number of rotatable bonds is 4. The molecule has 21 heavy (non-hydrogen) atoms. The van der Waals surface area contributed by atoms with Crippen molar-refractivity contribution >= 4 is 21.8 Å². The van der Waals surface area contributed by atoms with Gasteiger partial charge in [-0.15, -0.1) is 0 Å². The third kappa shape index (κ3) is 4.73. The fourth-order valence-corrected chi connectivity index (χ4v) is 1.92. The Morgan fingerprint density at radius 3 is 2.33 bits per heavy atom. The quantitative estimate of drug-likeness (QED) is 0.809. The summed E-state index contributed by atoms with van der Waals surface area (Å²) in [5, 5.41) is 2.60. The number of halogens is 4. The van der Waals surface area contributed by atoms with E-state index in [0.717, 1.165) is 6.07 Å². The minimum Gasteiger partial charge on any atom is -0.351 e. The predicted molar refractivity (Wildman–Crippen MR) is 80.1 cm³/mol. The van der Waals surface area contributed by atoms with E-state index in [9.17, 15) is 18.0 Å². The third-order valence-electron chi connectivity index (χ3n) is 3.80. The van der Waals surface area contributed by atoms with Crippen molar-refractivity contribution in [3.63, 3.8) is 0 Å². The van der Waals surface area contributed by atoms with E-state index in [1.807, 2.05) is 27.7 Å². The van der Waals surface area contributed by atoms with Gasteiger partial charge in [-0.25, -0.2) is 0 Å². The third-order valence-corrected chi connectivity index (χ3v) is 4.29. The summed E-state index contributed by atoms with van der Waals surface area (Å²) < 4.78 is 39.3. The Hall–Kier alpha value is -1.04. The molecular weight excluding hydrogens is 347 g/mol. The van der Waals surface area contributed by atoms with Crippen molar-refractivity contribution in [2.45, 2.75) is 33.9 Å². The van der Waals surface area contributed by atoms with E-state index < -0.39 is 17.6 Å². The van der Waals surface area contributed by atoms with Gasteiger partial charge in [0.05, 0.1) is 11.1 Å². The highest BCUT2D eigenvalue weighted by Crippen LogP contribution is 2.34. The van der Waals surface area contributed by atoms with Crippen LogP contribution in [0.5, 0.6) is 0 Å². The van der Waals surface area contributed by atoms with E-state index >= 15 is 0 Å². The molecule has 2 nitrogen and oxygen atoms in total. The Bertz CT molecular complexity index is 524. The van der Waals surface area contributed by atoms with Crippen molar-refractivity contribution in [3.05, 3.63) is 33.8 Å². The zero-order valence-corrected chi connectivity index (χ0v) is 14.0. The summed E-state index contributed by atoms with van der Waals surface area (Å²) in [6, 6.07) is 3.53. The fourth-order valence-electron chi connectivity index (χ4n) is 1.56. The predicted octanol–water partition coefficient (Wildman–Crippen LogP) is 4.88. The van der Waals surface area contributed by atoms with Gasteiger partial charge in [-0.2, -0.15) is 13.2 Å². The first kappa shape index (κ1) is 18.0. The molecule has 6 heteroatoms. The lowest BCUT2D eigenvalue weighted by Gasteiger charge is -2.29.